The maximum atomic E-state index is 7.47. The molecular weight excluding hydrogens is 316 g/mol. The molecule has 0 saturated carbocycles. The first-order valence-electron chi connectivity index (χ1n) is 5.03. The summed E-state index contributed by atoms with van der Waals surface area (Å²) in [5.41, 5.74) is 6.08. The van der Waals surface area contributed by atoms with Crippen molar-refractivity contribution in [3.63, 3.8) is 0 Å². The maximum Gasteiger partial charge on any atom is 0.138 e. The average Bonchev–Trinajstić information content (AvgIpc) is 2.32. The van der Waals surface area contributed by atoms with E-state index in [2.05, 4.69) is 15.9 Å². The minimum atomic E-state index is -0.00212. The van der Waals surface area contributed by atoms with Gasteiger partial charge < -0.3 is 10.5 Å². The molecule has 0 heterocycles. The first-order chi connectivity index (χ1) is 8.16. The first-order valence-corrected chi connectivity index (χ1v) is 5.83. The molecule has 0 spiro atoms. The number of hydrogen-bond acceptors (Lipinski definition) is 2. The molecule has 2 rings (SSSR count). The van der Waals surface area contributed by atoms with Gasteiger partial charge in [-0.15, -0.1) is 12.4 Å². The molecule has 0 fully saturated rings. The van der Waals surface area contributed by atoms with Crippen LogP contribution in [-0.2, 0) is 0 Å². The third kappa shape index (κ3) is 3.48. The zero-order valence-electron chi connectivity index (χ0n) is 9.39. The Labute approximate surface area is 120 Å². The summed E-state index contributed by atoms with van der Waals surface area (Å²) in [5, 5.41) is 7.47. The van der Waals surface area contributed by atoms with Crippen molar-refractivity contribution in [2.24, 2.45) is 5.73 Å². The molecule has 18 heavy (non-hydrogen) atoms. The number of para-hydroxylation sites is 1. The standard InChI is InChI=1S/C13H11BrN2O.ClH/c14-9-5-7-10(8-6-9)17-12-4-2-1-3-11(12)13(15)16;/h1-8H,(H3,15,16);1H. The van der Waals surface area contributed by atoms with Crippen LogP contribution in [0, 0.1) is 5.41 Å². The SMILES string of the molecule is Cl.N=C(N)c1ccccc1Oc1ccc(Br)cc1. The molecule has 0 saturated heterocycles. The number of halogens is 2. The fourth-order valence-electron chi connectivity index (χ4n) is 1.41. The summed E-state index contributed by atoms with van der Waals surface area (Å²) in [4.78, 5) is 0. The Morgan fingerprint density at radius 1 is 1.06 bits per heavy atom. The van der Waals surface area contributed by atoms with E-state index in [1.807, 2.05) is 36.4 Å². The lowest BCUT2D eigenvalue weighted by Gasteiger charge is -2.09. The number of benzene rings is 2. The second kappa shape index (κ2) is 6.42. The van der Waals surface area contributed by atoms with Crippen LogP contribution in [0.15, 0.2) is 53.0 Å². The predicted molar refractivity (Wildman–Crippen MR) is 78.9 cm³/mol. The van der Waals surface area contributed by atoms with Crippen molar-refractivity contribution in [1.82, 2.24) is 0 Å². The average molecular weight is 328 g/mol. The summed E-state index contributed by atoms with van der Waals surface area (Å²) in [6.07, 6.45) is 0. The molecule has 2 aromatic carbocycles. The highest BCUT2D eigenvalue weighted by atomic mass is 79.9. The highest BCUT2D eigenvalue weighted by molar-refractivity contribution is 9.10. The van der Waals surface area contributed by atoms with E-state index >= 15 is 0 Å². The van der Waals surface area contributed by atoms with E-state index < -0.39 is 0 Å². The molecule has 0 aliphatic heterocycles. The molecule has 0 aliphatic rings. The van der Waals surface area contributed by atoms with Crippen LogP contribution in [0.25, 0.3) is 0 Å². The fraction of sp³-hybridized carbons (Fsp3) is 0. The topological polar surface area (TPSA) is 59.1 Å². The van der Waals surface area contributed by atoms with E-state index in [0.29, 0.717) is 17.1 Å². The molecular formula is C13H12BrClN2O. The van der Waals surface area contributed by atoms with E-state index in [-0.39, 0.29) is 18.2 Å². The third-order valence-electron chi connectivity index (χ3n) is 2.22. The van der Waals surface area contributed by atoms with Gasteiger partial charge in [-0.2, -0.15) is 0 Å². The van der Waals surface area contributed by atoms with Gasteiger partial charge in [0.15, 0.2) is 0 Å². The highest BCUT2D eigenvalue weighted by Crippen LogP contribution is 2.25. The van der Waals surface area contributed by atoms with Crippen LogP contribution in [0.1, 0.15) is 5.56 Å². The van der Waals surface area contributed by atoms with Gasteiger partial charge in [-0.25, -0.2) is 0 Å². The van der Waals surface area contributed by atoms with Crippen molar-refractivity contribution in [2.75, 3.05) is 0 Å². The van der Waals surface area contributed by atoms with Gasteiger partial charge in [0.1, 0.15) is 17.3 Å². The van der Waals surface area contributed by atoms with Crippen molar-refractivity contribution in [3.8, 4) is 11.5 Å². The largest absolute Gasteiger partial charge is 0.457 e. The molecule has 94 valence electrons. The van der Waals surface area contributed by atoms with Gasteiger partial charge in [-0.05, 0) is 36.4 Å². The zero-order chi connectivity index (χ0) is 12.3. The molecule has 5 heteroatoms. The Morgan fingerprint density at radius 3 is 2.28 bits per heavy atom. The van der Waals surface area contributed by atoms with Gasteiger partial charge in [0, 0.05) is 4.47 Å². The predicted octanol–water partition coefficient (Wildman–Crippen LogP) is 3.95. The Morgan fingerprint density at radius 2 is 1.67 bits per heavy atom. The molecule has 0 atom stereocenters. The Bertz CT molecular complexity index is 543. The van der Waals surface area contributed by atoms with Crippen LogP contribution in [-0.4, -0.2) is 5.84 Å². The first kappa shape index (κ1) is 14.5. The number of amidine groups is 1. The Kier molecular flexibility index (Phi) is 5.19. The lowest BCUT2D eigenvalue weighted by Crippen LogP contribution is -2.12. The summed E-state index contributed by atoms with van der Waals surface area (Å²) >= 11 is 3.36. The molecule has 0 bridgehead atoms. The van der Waals surface area contributed by atoms with Crippen molar-refractivity contribution < 1.29 is 4.74 Å². The number of nitrogens with one attached hydrogen (secondary N) is 1. The molecule has 0 aliphatic carbocycles. The van der Waals surface area contributed by atoms with Gasteiger partial charge in [-0.3, -0.25) is 5.41 Å². The van der Waals surface area contributed by atoms with Crippen LogP contribution in [0.2, 0.25) is 0 Å². The Hall–Kier alpha value is -1.52. The van der Waals surface area contributed by atoms with Gasteiger partial charge in [-0.1, -0.05) is 28.1 Å². The lowest BCUT2D eigenvalue weighted by molar-refractivity contribution is 0.481. The number of hydrogen-bond donors (Lipinski definition) is 2. The fourth-order valence-corrected chi connectivity index (χ4v) is 1.67. The normalized spacial score (nSPS) is 9.39. The van der Waals surface area contributed by atoms with Gasteiger partial charge in [0.25, 0.3) is 0 Å². The second-order valence-corrected chi connectivity index (χ2v) is 4.38. The van der Waals surface area contributed by atoms with E-state index in [4.69, 9.17) is 15.9 Å². The number of nitrogens with two attached hydrogens (primary N) is 1. The van der Waals surface area contributed by atoms with Crippen LogP contribution in [0.4, 0.5) is 0 Å². The number of nitrogen functional groups attached to an aromatic ring is 1. The van der Waals surface area contributed by atoms with Gasteiger partial charge >= 0.3 is 0 Å². The monoisotopic (exact) mass is 326 g/mol. The van der Waals surface area contributed by atoms with E-state index in [1.165, 1.54) is 0 Å². The summed E-state index contributed by atoms with van der Waals surface area (Å²) in [7, 11) is 0. The molecule has 0 aromatic heterocycles. The smallest absolute Gasteiger partial charge is 0.138 e. The zero-order valence-corrected chi connectivity index (χ0v) is 11.8. The van der Waals surface area contributed by atoms with Crippen molar-refractivity contribution in [2.45, 2.75) is 0 Å². The Balaban J connectivity index is 0.00000162. The van der Waals surface area contributed by atoms with Crippen LogP contribution >= 0.6 is 28.3 Å². The number of rotatable bonds is 3. The third-order valence-corrected chi connectivity index (χ3v) is 2.75. The van der Waals surface area contributed by atoms with Gasteiger partial charge in [0.2, 0.25) is 0 Å². The lowest BCUT2D eigenvalue weighted by atomic mass is 10.2. The van der Waals surface area contributed by atoms with Crippen molar-refractivity contribution in [1.29, 1.82) is 5.41 Å². The van der Waals surface area contributed by atoms with Crippen molar-refractivity contribution in [3.05, 3.63) is 58.6 Å². The van der Waals surface area contributed by atoms with Crippen LogP contribution in [0.5, 0.6) is 11.5 Å². The highest BCUT2D eigenvalue weighted by Gasteiger charge is 2.06. The second-order valence-electron chi connectivity index (χ2n) is 3.47. The molecule has 0 radical (unpaired) electrons. The van der Waals surface area contributed by atoms with Crippen molar-refractivity contribution >= 4 is 34.2 Å². The van der Waals surface area contributed by atoms with Crippen LogP contribution < -0.4 is 10.5 Å². The molecule has 0 unspecified atom stereocenters. The molecule has 0 amide bonds. The minimum absolute atomic E-state index is 0. The van der Waals surface area contributed by atoms with E-state index in [9.17, 15) is 0 Å². The van der Waals surface area contributed by atoms with Crippen LogP contribution in [0.3, 0.4) is 0 Å². The maximum absolute atomic E-state index is 7.47. The summed E-state index contributed by atoms with van der Waals surface area (Å²) < 4.78 is 6.67. The summed E-state index contributed by atoms with van der Waals surface area (Å²) in [6.45, 7) is 0. The molecule has 3 nitrogen and oxygen atoms in total. The summed E-state index contributed by atoms with van der Waals surface area (Å²) in [5.74, 6) is 1.29. The van der Waals surface area contributed by atoms with Gasteiger partial charge in [0.05, 0.1) is 5.56 Å². The minimum Gasteiger partial charge on any atom is -0.457 e. The van der Waals surface area contributed by atoms with E-state index in [1.54, 1.807) is 12.1 Å². The summed E-state index contributed by atoms with van der Waals surface area (Å²) in [6, 6.07) is 14.7. The molecule has 3 N–H and O–H groups in total. The molecule has 2 aromatic rings. The van der Waals surface area contributed by atoms with E-state index in [0.717, 1.165) is 4.47 Å². The quantitative estimate of drug-likeness (QED) is 0.662. The number of ether oxygens (including phenoxy) is 1.